The predicted octanol–water partition coefficient (Wildman–Crippen LogP) is 3.58. The minimum atomic E-state index is -3.91. The van der Waals surface area contributed by atoms with Crippen LogP contribution in [0.1, 0.15) is 30.4 Å². The van der Waals surface area contributed by atoms with Crippen LogP contribution in [0.4, 0.5) is 0 Å². The zero-order chi connectivity index (χ0) is 20.4. The first-order chi connectivity index (χ1) is 13.2. The van der Waals surface area contributed by atoms with E-state index in [2.05, 4.69) is 0 Å². The van der Waals surface area contributed by atoms with Gasteiger partial charge in [0.1, 0.15) is 0 Å². The van der Waals surface area contributed by atoms with Crippen LogP contribution in [0, 0.1) is 19.8 Å². The van der Waals surface area contributed by atoms with Gasteiger partial charge in [-0.05, 0) is 51.0 Å². The second kappa shape index (κ2) is 8.32. The molecule has 1 fully saturated rings. The molecule has 0 aliphatic heterocycles. The molecule has 1 saturated carbocycles. The smallest absolute Gasteiger partial charge is 0.266 e. The highest BCUT2D eigenvalue weighted by Crippen LogP contribution is 2.32. The second-order valence-corrected chi connectivity index (χ2v) is 10.3. The summed E-state index contributed by atoms with van der Waals surface area (Å²) >= 11 is 0. The molecule has 2 aromatic rings. The van der Waals surface area contributed by atoms with Crippen molar-refractivity contribution in [3.05, 3.63) is 59.7 Å². The summed E-state index contributed by atoms with van der Waals surface area (Å²) in [5.41, 5.74) is 1.90. The Kier molecular flexibility index (Phi) is 6.24. The first-order valence-corrected chi connectivity index (χ1v) is 11.9. The van der Waals surface area contributed by atoms with Crippen LogP contribution in [0.25, 0.3) is 0 Å². The molecule has 0 amide bonds. The van der Waals surface area contributed by atoms with Gasteiger partial charge in [0.05, 0.1) is 22.5 Å². The summed E-state index contributed by atoms with van der Waals surface area (Å²) in [5.74, 6) is -0.305. The lowest BCUT2D eigenvalue weighted by molar-refractivity contribution is 0.127. The van der Waals surface area contributed by atoms with Crippen molar-refractivity contribution in [3.8, 4) is 0 Å². The van der Waals surface area contributed by atoms with E-state index in [1.807, 2.05) is 13.8 Å². The molecule has 0 heterocycles. The standard InChI is InChI=1S/C20H24O6S2/c1-15-6-10-18(11-7-15)27(21,22)25-14-17-4-3-5-20(17)26-28(23,24)19-12-8-16(2)9-13-19/h6-13,17,20H,3-5,14H2,1-2H3/t17-,20+/m1/s1. The number of rotatable bonds is 7. The number of benzene rings is 2. The molecule has 6 nitrogen and oxygen atoms in total. The van der Waals surface area contributed by atoms with Crippen molar-refractivity contribution in [2.45, 2.75) is 49.0 Å². The van der Waals surface area contributed by atoms with Gasteiger partial charge < -0.3 is 0 Å². The Morgan fingerprint density at radius 2 is 1.29 bits per heavy atom. The molecule has 0 radical (unpaired) electrons. The highest BCUT2D eigenvalue weighted by atomic mass is 32.2. The first kappa shape index (κ1) is 21.0. The van der Waals surface area contributed by atoms with Gasteiger partial charge in [0, 0.05) is 5.92 Å². The summed E-state index contributed by atoms with van der Waals surface area (Å²) in [5, 5.41) is 0. The normalized spacial score (nSPS) is 20.4. The van der Waals surface area contributed by atoms with Crippen molar-refractivity contribution in [2.24, 2.45) is 5.92 Å². The third-order valence-electron chi connectivity index (χ3n) is 4.90. The summed E-state index contributed by atoms with van der Waals surface area (Å²) in [4.78, 5) is 0.179. The lowest BCUT2D eigenvalue weighted by Crippen LogP contribution is -2.27. The predicted molar refractivity (Wildman–Crippen MR) is 105 cm³/mol. The lowest BCUT2D eigenvalue weighted by Gasteiger charge is -2.19. The summed E-state index contributed by atoms with van der Waals surface area (Å²) < 4.78 is 60.4. The minimum Gasteiger partial charge on any atom is -0.266 e. The van der Waals surface area contributed by atoms with E-state index in [1.54, 1.807) is 24.3 Å². The Hall–Kier alpha value is -1.74. The van der Waals surface area contributed by atoms with Gasteiger partial charge in [0.25, 0.3) is 20.2 Å². The average Bonchev–Trinajstić information content (AvgIpc) is 3.07. The van der Waals surface area contributed by atoms with E-state index in [4.69, 9.17) is 8.37 Å². The third-order valence-corrected chi connectivity index (χ3v) is 7.54. The highest BCUT2D eigenvalue weighted by Gasteiger charge is 2.34. The largest absolute Gasteiger partial charge is 0.297 e. The molecule has 1 aliphatic rings. The molecule has 0 bridgehead atoms. The summed E-state index contributed by atoms with van der Waals surface area (Å²) in [6.07, 6.45) is 1.35. The van der Waals surface area contributed by atoms with Gasteiger partial charge in [-0.15, -0.1) is 0 Å². The molecule has 28 heavy (non-hydrogen) atoms. The molecule has 3 rings (SSSR count). The van der Waals surface area contributed by atoms with Crippen molar-refractivity contribution < 1.29 is 25.2 Å². The van der Waals surface area contributed by atoms with Crippen molar-refractivity contribution in [1.29, 1.82) is 0 Å². The number of aryl methyl sites for hydroxylation is 2. The first-order valence-electron chi connectivity index (χ1n) is 9.13. The van der Waals surface area contributed by atoms with E-state index in [0.29, 0.717) is 12.8 Å². The number of hydrogen-bond donors (Lipinski definition) is 0. The Morgan fingerprint density at radius 3 is 1.82 bits per heavy atom. The van der Waals surface area contributed by atoms with Crippen LogP contribution in [-0.4, -0.2) is 29.5 Å². The molecule has 0 spiro atoms. The fraction of sp³-hybridized carbons (Fsp3) is 0.400. The molecule has 0 unspecified atom stereocenters. The van der Waals surface area contributed by atoms with Crippen molar-refractivity contribution >= 4 is 20.2 Å². The van der Waals surface area contributed by atoms with Gasteiger partial charge in [-0.25, -0.2) is 0 Å². The van der Waals surface area contributed by atoms with Crippen LogP contribution in [0.3, 0.4) is 0 Å². The molecule has 2 atom stereocenters. The molecule has 0 saturated heterocycles. The minimum absolute atomic E-state index is 0.0841. The molecule has 2 aromatic carbocycles. The van der Waals surface area contributed by atoms with Crippen LogP contribution >= 0.6 is 0 Å². The van der Waals surface area contributed by atoms with Gasteiger partial charge in [0.2, 0.25) is 0 Å². The SMILES string of the molecule is Cc1ccc(S(=O)(=O)OC[C@H]2CCC[C@@H]2OS(=O)(=O)c2ccc(C)cc2)cc1. The Labute approximate surface area is 166 Å². The maximum absolute atomic E-state index is 12.5. The molecule has 0 aromatic heterocycles. The van der Waals surface area contributed by atoms with E-state index in [-0.39, 0.29) is 22.3 Å². The summed E-state index contributed by atoms with van der Waals surface area (Å²) in [7, 11) is -7.80. The maximum Gasteiger partial charge on any atom is 0.297 e. The van der Waals surface area contributed by atoms with E-state index in [0.717, 1.165) is 17.5 Å². The summed E-state index contributed by atoms with van der Waals surface area (Å²) in [6.45, 7) is 3.63. The van der Waals surface area contributed by atoms with Gasteiger partial charge >= 0.3 is 0 Å². The fourth-order valence-corrected chi connectivity index (χ4v) is 5.31. The zero-order valence-corrected chi connectivity index (χ0v) is 17.5. The van der Waals surface area contributed by atoms with Gasteiger partial charge in [0.15, 0.2) is 0 Å². The van der Waals surface area contributed by atoms with Crippen molar-refractivity contribution in [3.63, 3.8) is 0 Å². The molecular weight excluding hydrogens is 400 g/mol. The van der Waals surface area contributed by atoms with Crippen LogP contribution in [0.2, 0.25) is 0 Å². The maximum atomic E-state index is 12.5. The van der Waals surface area contributed by atoms with E-state index < -0.39 is 26.3 Å². The Bertz CT molecular complexity index is 1010. The van der Waals surface area contributed by atoms with Gasteiger partial charge in [-0.1, -0.05) is 41.8 Å². The number of hydrogen-bond acceptors (Lipinski definition) is 6. The van der Waals surface area contributed by atoms with Crippen molar-refractivity contribution in [2.75, 3.05) is 6.61 Å². The lowest BCUT2D eigenvalue weighted by atomic mass is 10.1. The average molecular weight is 425 g/mol. The Morgan fingerprint density at radius 1 is 0.786 bits per heavy atom. The van der Waals surface area contributed by atoms with Crippen LogP contribution < -0.4 is 0 Å². The van der Waals surface area contributed by atoms with E-state index in [9.17, 15) is 16.8 Å². The monoisotopic (exact) mass is 424 g/mol. The molecule has 1 aliphatic carbocycles. The molecule has 0 N–H and O–H groups in total. The van der Waals surface area contributed by atoms with E-state index in [1.165, 1.54) is 24.3 Å². The third kappa shape index (κ3) is 5.00. The summed E-state index contributed by atoms with van der Waals surface area (Å²) in [6, 6.07) is 12.8. The second-order valence-electron chi connectivity index (χ2n) is 7.14. The molecule has 152 valence electrons. The van der Waals surface area contributed by atoms with Gasteiger partial charge in [-0.2, -0.15) is 16.8 Å². The van der Waals surface area contributed by atoms with E-state index >= 15 is 0 Å². The zero-order valence-electron chi connectivity index (χ0n) is 15.9. The fourth-order valence-electron chi connectivity index (χ4n) is 3.19. The van der Waals surface area contributed by atoms with Crippen LogP contribution in [0.5, 0.6) is 0 Å². The quantitative estimate of drug-likeness (QED) is 0.632. The molecule has 8 heteroatoms. The van der Waals surface area contributed by atoms with Gasteiger partial charge in [-0.3, -0.25) is 8.37 Å². The van der Waals surface area contributed by atoms with Crippen LogP contribution in [0.15, 0.2) is 58.3 Å². The Balaban J connectivity index is 1.66. The van der Waals surface area contributed by atoms with Crippen molar-refractivity contribution in [1.82, 2.24) is 0 Å². The topological polar surface area (TPSA) is 86.7 Å². The molecular formula is C20H24O6S2. The van der Waals surface area contributed by atoms with Crippen LogP contribution in [-0.2, 0) is 28.6 Å². The highest BCUT2D eigenvalue weighted by molar-refractivity contribution is 7.87.